The normalized spacial score (nSPS) is 12.9. The third-order valence-corrected chi connectivity index (χ3v) is 7.86. The van der Waals surface area contributed by atoms with Gasteiger partial charge in [-0.2, -0.15) is 11.1 Å². The molecule has 0 aliphatic heterocycles. The first-order valence-corrected chi connectivity index (χ1v) is 14.2. The summed E-state index contributed by atoms with van der Waals surface area (Å²) in [6.07, 6.45) is 0. The number of hydrogen-bond donors (Lipinski definition) is 0. The lowest BCUT2D eigenvalue weighted by Gasteiger charge is -2.32. The third-order valence-electron chi connectivity index (χ3n) is 3.70. The quantitative estimate of drug-likeness (QED) is 0.608. The lowest BCUT2D eigenvalue weighted by Crippen LogP contribution is -2.43. The number of rotatable bonds is 3. The van der Waals surface area contributed by atoms with Crippen molar-refractivity contribution in [3.05, 3.63) is 17.2 Å². The van der Waals surface area contributed by atoms with E-state index in [0.29, 0.717) is 0 Å². The average molecular weight is 329 g/mol. The predicted octanol–water partition coefficient (Wildman–Crippen LogP) is 3.65. The van der Waals surface area contributed by atoms with Crippen molar-refractivity contribution in [3.8, 4) is 5.75 Å². The van der Waals surface area contributed by atoms with E-state index in [0.717, 1.165) is 5.75 Å². The van der Waals surface area contributed by atoms with Crippen molar-refractivity contribution in [2.75, 3.05) is 7.11 Å². The first-order chi connectivity index (χ1) is 8.91. The van der Waals surface area contributed by atoms with Crippen molar-refractivity contribution in [1.82, 2.24) is 0 Å². The molecule has 1 rings (SSSR count). The van der Waals surface area contributed by atoms with Crippen LogP contribution in [-0.2, 0) is 5.41 Å². The van der Waals surface area contributed by atoms with Crippen molar-refractivity contribution in [1.29, 1.82) is 0 Å². The van der Waals surface area contributed by atoms with Crippen LogP contribution in [0.25, 0.3) is 0 Å². The van der Waals surface area contributed by atoms with Crippen molar-refractivity contribution in [2.24, 2.45) is 0 Å². The number of benzene rings is 1. The fourth-order valence-electron chi connectivity index (χ4n) is 2.96. The van der Waals surface area contributed by atoms with E-state index in [2.05, 4.69) is 59.9 Å². The minimum Gasteiger partial charge on any atom is -0.497 e. The van der Waals surface area contributed by atoms with Gasteiger partial charge in [-0.3, -0.25) is 0 Å². The molecule has 0 spiro atoms. The Morgan fingerprint density at radius 2 is 1.70 bits per heavy atom. The van der Waals surface area contributed by atoms with Gasteiger partial charge in [0.15, 0.2) is 7.38 Å². The maximum atomic E-state index is 6.74. The molecular formula is C16H29ClOSi2. The number of halogens is 1. The molecule has 0 aliphatic rings. The Bertz CT molecular complexity index is 497. The average Bonchev–Trinajstić information content (AvgIpc) is 2.24. The van der Waals surface area contributed by atoms with Crippen LogP contribution in [0.15, 0.2) is 6.07 Å². The number of aryl methyl sites for hydroxylation is 1. The minimum absolute atomic E-state index is 0.0786. The van der Waals surface area contributed by atoms with Gasteiger partial charge >= 0.3 is 0 Å². The molecule has 114 valence electrons. The monoisotopic (exact) mass is 328 g/mol. The van der Waals surface area contributed by atoms with Crippen LogP contribution in [0.2, 0.25) is 26.2 Å². The smallest absolute Gasteiger partial charge is 0.185 e. The maximum absolute atomic E-state index is 6.74. The molecule has 20 heavy (non-hydrogen) atoms. The highest BCUT2D eigenvalue weighted by atomic mass is 35.6. The van der Waals surface area contributed by atoms with Gasteiger partial charge in [-0.1, -0.05) is 63.8 Å². The molecule has 0 N–H and O–H groups in total. The lowest BCUT2D eigenvalue weighted by atomic mass is 9.85. The zero-order valence-electron chi connectivity index (χ0n) is 14.4. The SMILES string of the molecule is COc1c([Si](C)(C)Cl)cc(C)c([SiH](C)C)c1C(C)(C)C. The minimum atomic E-state index is -1.94. The van der Waals surface area contributed by atoms with E-state index in [9.17, 15) is 0 Å². The second kappa shape index (κ2) is 5.86. The Morgan fingerprint density at radius 3 is 2.00 bits per heavy atom. The van der Waals surface area contributed by atoms with E-state index < -0.39 is 16.2 Å². The highest BCUT2D eigenvalue weighted by Crippen LogP contribution is 2.32. The Kier molecular flexibility index (Phi) is 5.21. The molecule has 0 radical (unpaired) electrons. The van der Waals surface area contributed by atoms with Gasteiger partial charge in [0, 0.05) is 0 Å². The van der Waals surface area contributed by atoms with Crippen LogP contribution in [0.5, 0.6) is 5.75 Å². The zero-order valence-corrected chi connectivity index (χ0v) is 17.4. The van der Waals surface area contributed by atoms with Crippen molar-refractivity contribution < 1.29 is 4.74 Å². The summed E-state index contributed by atoms with van der Waals surface area (Å²) in [5.74, 6) is 1.05. The van der Waals surface area contributed by atoms with E-state index in [4.69, 9.17) is 15.8 Å². The summed E-state index contributed by atoms with van der Waals surface area (Å²) in [7, 11) is -1.08. The van der Waals surface area contributed by atoms with Crippen molar-refractivity contribution in [2.45, 2.75) is 59.3 Å². The van der Waals surface area contributed by atoms with Gasteiger partial charge in [-0.25, -0.2) is 0 Å². The first kappa shape index (κ1) is 17.8. The van der Waals surface area contributed by atoms with E-state index in [-0.39, 0.29) is 5.41 Å². The molecule has 0 atom stereocenters. The van der Waals surface area contributed by atoms with E-state index in [1.807, 2.05) is 0 Å². The summed E-state index contributed by atoms with van der Waals surface area (Å²) in [6.45, 7) is 18.2. The molecular weight excluding hydrogens is 300 g/mol. The molecule has 0 bridgehead atoms. The number of hydrogen-bond acceptors (Lipinski definition) is 1. The van der Waals surface area contributed by atoms with Crippen LogP contribution in [0.1, 0.15) is 31.9 Å². The summed E-state index contributed by atoms with van der Waals surface area (Å²) < 4.78 is 5.85. The second-order valence-corrected chi connectivity index (χ2v) is 16.6. The van der Waals surface area contributed by atoms with E-state index in [1.54, 1.807) is 12.3 Å². The fourth-order valence-corrected chi connectivity index (χ4v) is 6.84. The number of ether oxygens (including phenoxy) is 1. The van der Waals surface area contributed by atoms with Gasteiger partial charge in [0.05, 0.1) is 15.9 Å². The van der Waals surface area contributed by atoms with E-state index in [1.165, 1.54) is 16.3 Å². The van der Waals surface area contributed by atoms with Gasteiger partial charge in [-0.15, -0.1) is 0 Å². The molecule has 0 amide bonds. The Labute approximate surface area is 132 Å². The second-order valence-electron chi connectivity index (χ2n) is 7.44. The third kappa shape index (κ3) is 3.49. The molecule has 1 nitrogen and oxygen atoms in total. The lowest BCUT2D eigenvalue weighted by molar-refractivity contribution is 0.401. The van der Waals surface area contributed by atoms with Crippen LogP contribution >= 0.6 is 11.1 Å². The molecule has 0 fully saturated rings. The van der Waals surface area contributed by atoms with E-state index >= 15 is 0 Å². The van der Waals surface area contributed by atoms with Crippen LogP contribution in [0.4, 0.5) is 0 Å². The summed E-state index contributed by atoms with van der Waals surface area (Å²) in [4.78, 5) is 0. The molecule has 0 heterocycles. The zero-order chi connectivity index (χ0) is 15.9. The molecule has 0 saturated carbocycles. The largest absolute Gasteiger partial charge is 0.497 e. The molecule has 4 heteroatoms. The predicted molar refractivity (Wildman–Crippen MR) is 97.9 cm³/mol. The van der Waals surface area contributed by atoms with Gasteiger partial charge in [0.1, 0.15) is 5.75 Å². The Balaban J connectivity index is 3.87. The molecule has 0 unspecified atom stereocenters. The molecule has 1 aromatic rings. The summed E-state index contributed by atoms with van der Waals surface area (Å²) >= 11 is 6.74. The van der Waals surface area contributed by atoms with Gasteiger partial charge in [-0.05, 0) is 23.1 Å². The fraction of sp³-hybridized carbons (Fsp3) is 0.625. The molecule has 0 aliphatic carbocycles. The van der Waals surface area contributed by atoms with Crippen molar-refractivity contribution >= 4 is 37.6 Å². The molecule has 0 saturated heterocycles. The van der Waals surface area contributed by atoms with Gasteiger partial charge in [0.2, 0.25) is 0 Å². The molecule has 0 aromatic heterocycles. The Morgan fingerprint density at radius 1 is 1.20 bits per heavy atom. The first-order valence-electron chi connectivity index (χ1n) is 7.32. The topological polar surface area (TPSA) is 9.23 Å². The van der Waals surface area contributed by atoms with Crippen LogP contribution < -0.4 is 15.1 Å². The highest BCUT2D eigenvalue weighted by molar-refractivity contribution is 7.26. The Hall–Kier alpha value is -0.256. The molecule has 1 aromatic carbocycles. The maximum Gasteiger partial charge on any atom is 0.185 e. The standard InChI is InChI=1S/C16H29ClOSi2/c1-11-10-12(20(8,9)17)14(18-5)13(16(2,3)4)15(11)19(6)7/h10,19H,1-9H3. The van der Waals surface area contributed by atoms with Gasteiger partial charge < -0.3 is 4.74 Å². The van der Waals surface area contributed by atoms with Crippen molar-refractivity contribution in [3.63, 3.8) is 0 Å². The summed E-state index contributed by atoms with van der Waals surface area (Å²) in [6, 6.07) is 2.29. The summed E-state index contributed by atoms with van der Waals surface area (Å²) in [5.41, 5.74) is 2.86. The van der Waals surface area contributed by atoms with Crippen LogP contribution in [0.3, 0.4) is 0 Å². The van der Waals surface area contributed by atoms with Gasteiger partial charge in [0.25, 0.3) is 0 Å². The van der Waals surface area contributed by atoms with Crippen LogP contribution in [-0.4, -0.2) is 23.3 Å². The summed E-state index contributed by atoms with van der Waals surface area (Å²) in [5, 5.41) is 2.79. The van der Waals surface area contributed by atoms with Crippen LogP contribution in [0, 0.1) is 6.92 Å². The number of methoxy groups -OCH3 is 1. The highest BCUT2D eigenvalue weighted by Gasteiger charge is 2.33.